The summed E-state index contributed by atoms with van der Waals surface area (Å²) in [5.41, 5.74) is 0. The molecular weight excluding hydrogens is 160 g/mol. The van der Waals surface area contributed by atoms with E-state index >= 15 is 0 Å². The molecule has 0 atom stereocenters. The first kappa shape index (κ1) is 8.49. The molecule has 4 heteroatoms. The Morgan fingerprint density at radius 1 is 1.73 bits per heavy atom. The molecule has 1 aromatic heterocycles. The molecule has 0 aromatic carbocycles. The Hall–Kier alpha value is -0.610. The summed E-state index contributed by atoms with van der Waals surface area (Å²) in [6, 6.07) is 0. The van der Waals surface area contributed by atoms with E-state index in [2.05, 4.69) is 0 Å². The largest absolute Gasteiger partial charge is 0.385 e. The zero-order valence-corrected chi connectivity index (χ0v) is 7.36. The molecule has 1 heterocycles. The average molecular weight is 172 g/mol. The number of methoxy groups -OCH3 is 1. The van der Waals surface area contributed by atoms with Crippen molar-refractivity contribution < 1.29 is 4.74 Å². The first-order chi connectivity index (χ1) is 5.34. The van der Waals surface area contributed by atoms with Crippen LogP contribution < -0.4 is 4.80 Å². The van der Waals surface area contributed by atoms with Gasteiger partial charge in [0.05, 0.1) is 0 Å². The van der Waals surface area contributed by atoms with Gasteiger partial charge in [0, 0.05) is 31.8 Å². The molecule has 0 fully saturated rings. The van der Waals surface area contributed by atoms with Crippen LogP contribution in [0.4, 0.5) is 0 Å². The van der Waals surface area contributed by atoms with Crippen LogP contribution in [0.25, 0.3) is 0 Å². The number of nitrogens with one attached hydrogen (secondary N) is 1. The summed E-state index contributed by atoms with van der Waals surface area (Å²) in [6.45, 7) is 1.65. The van der Waals surface area contributed by atoms with Gasteiger partial charge in [-0.15, -0.1) is 11.3 Å². The predicted molar refractivity (Wildman–Crippen MR) is 44.7 cm³/mol. The lowest BCUT2D eigenvalue weighted by Crippen LogP contribution is -2.13. The van der Waals surface area contributed by atoms with Crippen LogP contribution in [0.3, 0.4) is 0 Å². The smallest absolute Gasteiger partial charge is 0.181 e. The quantitative estimate of drug-likeness (QED) is 0.678. The number of hydrogen-bond donors (Lipinski definition) is 1. The van der Waals surface area contributed by atoms with Crippen molar-refractivity contribution in [3.05, 3.63) is 16.4 Å². The second-order valence-electron chi connectivity index (χ2n) is 2.25. The third kappa shape index (κ3) is 2.48. The van der Waals surface area contributed by atoms with Gasteiger partial charge in [0.2, 0.25) is 0 Å². The maximum atomic E-state index is 7.43. The van der Waals surface area contributed by atoms with Crippen molar-refractivity contribution in [1.82, 2.24) is 4.57 Å². The van der Waals surface area contributed by atoms with E-state index < -0.39 is 0 Å². The molecule has 0 aliphatic heterocycles. The maximum absolute atomic E-state index is 7.43. The van der Waals surface area contributed by atoms with Crippen LogP contribution in [-0.4, -0.2) is 18.3 Å². The van der Waals surface area contributed by atoms with E-state index in [9.17, 15) is 0 Å². The van der Waals surface area contributed by atoms with Gasteiger partial charge in [-0.25, -0.2) is 0 Å². The van der Waals surface area contributed by atoms with Crippen molar-refractivity contribution in [2.75, 3.05) is 13.7 Å². The lowest BCUT2D eigenvalue weighted by atomic mass is 10.4. The summed E-state index contributed by atoms with van der Waals surface area (Å²) >= 11 is 1.45. The van der Waals surface area contributed by atoms with Crippen molar-refractivity contribution in [3.63, 3.8) is 0 Å². The maximum Gasteiger partial charge on any atom is 0.181 e. The van der Waals surface area contributed by atoms with Crippen molar-refractivity contribution >= 4 is 11.3 Å². The second-order valence-corrected chi connectivity index (χ2v) is 3.14. The minimum Gasteiger partial charge on any atom is -0.385 e. The Labute approximate surface area is 69.8 Å². The highest BCUT2D eigenvalue weighted by atomic mass is 32.1. The van der Waals surface area contributed by atoms with E-state index in [1.165, 1.54) is 11.3 Å². The summed E-state index contributed by atoms with van der Waals surface area (Å²) < 4.78 is 6.83. The highest BCUT2D eigenvalue weighted by Crippen LogP contribution is 1.91. The molecule has 0 radical (unpaired) electrons. The molecule has 0 bridgehead atoms. The summed E-state index contributed by atoms with van der Waals surface area (Å²) in [6.07, 6.45) is 2.91. The fourth-order valence-corrected chi connectivity index (χ4v) is 1.48. The normalized spacial score (nSPS) is 10.3. The molecule has 0 saturated carbocycles. The molecule has 1 rings (SSSR count). The van der Waals surface area contributed by atoms with E-state index in [1.54, 1.807) is 7.11 Å². The summed E-state index contributed by atoms with van der Waals surface area (Å²) in [4.78, 5) is 0.612. The van der Waals surface area contributed by atoms with Gasteiger partial charge >= 0.3 is 0 Å². The van der Waals surface area contributed by atoms with Crippen LogP contribution in [0.5, 0.6) is 0 Å². The highest BCUT2D eigenvalue weighted by molar-refractivity contribution is 7.06. The van der Waals surface area contributed by atoms with Gasteiger partial charge in [0.15, 0.2) is 4.80 Å². The summed E-state index contributed by atoms with van der Waals surface area (Å²) in [5.74, 6) is 0. The number of aromatic nitrogens is 1. The van der Waals surface area contributed by atoms with Crippen LogP contribution in [0.15, 0.2) is 11.6 Å². The molecule has 0 aliphatic carbocycles. The predicted octanol–water partition coefficient (Wildman–Crippen LogP) is 1.07. The van der Waals surface area contributed by atoms with Gasteiger partial charge < -0.3 is 9.30 Å². The zero-order chi connectivity index (χ0) is 8.10. The van der Waals surface area contributed by atoms with Crippen molar-refractivity contribution in [1.29, 1.82) is 5.41 Å². The Balaban J connectivity index is 2.39. The molecule has 0 aliphatic rings. The number of hydrogen-bond acceptors (Lipinski definition) is 3. The lowest BCUT2D eigenvalue weighted by Gasteiger charge is -1.99. The van der Waals surface area contributed by atoms with E-state index in [4.69, 9.17) is 10.1 Å². The van der Waals surface area contributed by atoms with E-state index in [1.807, 2.05) is 16.1 Å². The van der Waals surface area contributed by atoms with Gasteiger partial charge in [0.25, 0.3) is 0 Å². The molecule has 1 N–H and O–H groups in total. The second kappa shape index (κ2) is 4.31. The van der Waals surface area contributed by atoms with E-state index in [0.717, 1.165) is 19.6 Å². The van der Waals surface area contributed by atoms with Crippen LogP contribution in [0.2, 0.25) is 0 Å². The van der Waals surface area contributed by atoms with E-state index in [-0.39, 0.29) is 0 Å². The third-order valence-electron chi connectivity index (χ3n) is 1.43. The highest BCUT2D eigenvalue weighted by Gasteiger charge is 1.91. The molecule has 1 aromatic rings. The third-order valence-corrected chi connectivity index (χ3v) is 2.14. The summed E-state index contributed by atoms with van der Waals surface area (Å²) in [7, 11) is 1.69. The standard InChI is InChI=1S/C7H12N2OS/c1-10-5-2-3-9-4-6-11-7(9)8/h4,6,8H,2-3,5H2,1H3. The van der Waals surface area contributed by atoms with Crippen molar-refractivity contribution in [2.24, 2.45) is 0 Å². The van der Waals surface area contributed by atoms with Crippen molar-refractivity contribution in [3.8, 4) is 0 Å². The number of thiazole rings is 1. The van der Waals surface area contributed by atoms with Gasteiger partial charge in [-0.2, -0.15) is 0 Å². The number of nitrogens with zero attached hydrogens (tertiary/aromatic N) is 1. The van der Waals surface area contributed by atoms with E-state index in [0.29, 0.717) is 4.80 Å². The molecule has 11 heavy (non-hydrogen) atoms. The van der Waals surface area contributed by atoms with Gasteiger partial charge in [-0.1, -0.05) is 0 Å². The molecule has 3 nitrogen and oxygen atoms in total. The Morgan fingerprint density at radius 2 is 2.55 bits per heavy atom. The number of ether oxygens (including phenoxy) is 1. The topological polar surface area (TPSA) is 38.0 Å². The van der Waals surface area contributed by atoms with Gasteiger partial charge in [-0.3, -0.25) is 5.41 Å². The molecule has 62 valence electrons. The van der Waals surface area contributed by atoms with Gasteiger partial charge in [0.1, 0.15) is 0 Å². The lowest BCUT2D eigenvalue weighted by molar-refractivity contribution is 0.190. The fourth-order valence-electron chi connectivity index (χ4n) is 0.859. The average Bonchev–Trinajstić information content (AvgIpc) is 2.37. The number of rotatable bonds is 4. The minimum absolute atomic E-state index is 0.612. The first-order valence-electron chi connectivity index (χ1n) is 3.52. The molecule has 0 spiro atoms. The zero-order valence-electron chi connectivity index (χ0n) is 6.54. The molecule has 0 saturated heterocycles. The monoisotopic (exact) mass is 172 g/mol. The Kier molecular flexibility index (Phi) is 3.32. The Bertz CT molecular complexity index is 253. The molecular formula is C7H12N2OS. The molecule has 0 unspecified atom stereocenters. The molecule has 0 amide bonds. The fraction of sp³-hybridized carbons (Fsp3) is 0.571. The van der Waals surface area contributed by atoms with Crippen molar-refractivity contribution in [2.45, 2.75) is 13.0 Å². The minimum atomic E-state index is 0.612. The SMILES string of the molecule is COCCCn1ccsc1=N. The summed E-state index contributed by atoms with van der Waals surface area (Å²) in [5, 5.41) is 9.35. The van der Waals surface area contributed by atoms with Crippen LogP contribution in [-0.2, 0) is 11.3 Å². The van der Waals surface area contributed by atoms with Gasteiger partial charge in [-0.05, 0) is 6.42 Å². The first-order valence-corrected chi connectivity index (χ1v) is 4.40. The Morgan fingerprint density at radius 3 is 3.09 bits per heavy atom. The van der Waals surface area contributed by atoms with Crippen LogP contribution in [0.1, 0.15) is 6.42 Å². The van der Waals surface area contributed by atoms with Crippen LogP contribution in [0, 0.1) is 5.41 Å². The number of aryl methyl sites for hydroxylation is 1. The van der Waals surface area contributed by atoms with Crippen LogP contribution >= 0.6 is 11.3 Å².